The molecule has 0 aromatic heterocycles. The fraction of sp³-hybridized carbons (Fsp3) is 0.583. The summed E-state index contributed by atoms with van der Waals surface area (Å²) in [4.78, 5) is 51.6. The van der Waals surface area contributed by atoms with Gasteiger partial charge in [-0.1, -0.05) is 47.5 Å². The number of amides is 4. The highest BCUT2D eigenvalue weighted by molar-refractivity contribution is 5.92. The summed E-state index contributed by atoms with van der Waals surface area (Å²) in [5.74, 6) is -0.198. The Morgan fingerprint density at radius 1 is 0.822 bits per heavy atom. The van der Waals surface area contributed by atoms with Crippen molar-refractivity contribution in [2.45, 2.75) is 71.0 Å². The summed E-state index contributed by atoms with van der Waals surface area (Å²) >= 11 is 0. The number of carbonyl (C=O) groups excluding carboxylic acids is 3. The predicted molar refractivity (Wildman–Crippen MR) is 177 cm³/mol. The summed E-state index contributed by atoms with van der Waals surface area (Å²) in [6.07, 6.45) is 4.30. The van der Waals surface area contributed by atoms with E-state index in [9.17, 15) is 14.4 Å². The number of hydrogen-bond donors (Lipinski definition) is 1. The minimum absolute atomic E-state index is 0.0527. The van der Waals surface area contributed by atoms with Gasteiger partial charge in [0.15, 0.2) is 0 Å². The Labute approximate surface area is 268 Å². The number of nitrogens with zero attached hydrogens (tertiary/aromatic N) is 5. The maximum atomic E-state index is 14.1. The predicted octanol–water partition coefficient (Wildman–Crippen LogP) is 4.13. The van der Waals surface area contributed by atoms with Gasteiger partial charge < -0.3 is 24.9 Å². The SMILES string of the molecule is Cc1cc(C)cc(C[C@H](CC(=O)N2CCC(N3Cc4ccccc4NC3=O)CC2)C(=O)N2CCC(N3CCN(C)CC3)CC2)c1. The minimum atomic E-state index is -0.374. The Morgan fingerprint density at radius 3 is 2.13 bits per heavy atom. The van der Waals surface area contributed by atoms with Crippen LogP contribution in [0.2, 0.25) is 0 Å². The molecule has 0 bridgehead atoms. The molecule has 0 spiro atoms. The molecule has 9 nitrogen and oxygen atoms in total. The molecule has 2 aromatic carbocycles. The molecule has 0 unspecified atom stereocenters. The van der Waals surface area contributed by atoms with Crippen LogP contribution in [0.5, 0.6) is 0 Å². The molecule has 3 saturated heterocycles. The molecule has 2 aromatic rings. The van der Waals surface area contributed by atoms with E-state index in [1.165, 1.54) is 11.1 Å². The van der Waals surface area contributed by atoms with Gasteiger partial charge in [0.05, 0.1) is 5.92 Å². The van der Waals surface area contributed by atoms with Crippen molar-refractivity contribution < 1.29 is 14.4 Å². The number of aryl methyl sites for hydroxylation is 2. The Hall–Kier alpha value is -3.43. The number of hydrogen-bond acceptors (Lipinski definition) is 5. The first-order valence-electron chi connectivity index (χ1n) is 17.0. The third kappa shape index (κ3) is 7.52. The third-order valence-electron chi connectivity index (χ3n) is 10.5. The lowest BCUT2D eigenvalue weighted by molar-refractivity contribution is -0.143. The number of para-hydroxylation sites is 1. The number of anilines is 1. The molecule has 1 atom stereocenters. The molecule has 1 N–H and O–H groups in total. The molecule has 4 amide bonds. The number of likely N-dealkylation sites (N-methyl/N-ethyl adjacent to an activating group) is 1. The van der Waals surface area contributed by atoms with Crippen LogP contribution in [-0.4, -0.2) is 114 Å². The number of fused-ring (bicyclic) bond motifs is 1. The lowest BCUT2D eigenvalue weighted by atomic mass is 9.91. The van der Waals surface area contributed by atoms with Gasteiger partial charge >= 0.3 is 6.03 Å². The zero-order chi connectivity index (χ0) is 31.5. The van der Waals surface area contributed by atoms with Crippen LogP contribution in [0.1, 0.15) is 54.4 Å². The van der Waals surface area contributed by atoms with Crippen LogP contribution in [0.4, 0.5) is 10.5 Å². The topological polar surface area (TPSA) is 79.4 Å². The first-order valence-corrected chi connectivity index (χ1v) is 17.0. The van der Waals surface area contributed by atoms with Crippen LogP contribution < -0.4 is 5.32 Å². The summed E-state index contributed by atoms with van der Waals surface area (Å²) < 4.78 is 0. The van der Waals surface area contributed by atoms with Crippen molar-refractivity contribution in [2.24, 2.45) is 5.92 Å². The molecule has 0 aliphatic carbocycles. The van der Waals surface area contributed by atoms with Gasteiger partial charge in [0.25, 0.3) is 0 Å². The number of benzene rings is 2. The Balaban J connectivity index is 1.08. The minimum Gasteiger partial charge on any atom is -0.343 e. The molecular weight excluding hydrogens is 564 g/mol. The number of likely N-dealkylation sites (tertiary alicyclic amines) is 2. The van der Waals surface area contributed by atoms with Crippen LogP contribution in [0.15, 0.2) is 42.5 Å². The highest BCUT2D eigenvalue weighted by Crippen LogP contribution is 2.29. The molecule has 242 valence electrons. The number of piperazine rings is 1. The molecule has 0 radical (unpaired) electrons. The molecule has 6 rings (SSSR count). The van der Waals surface area contributed by atoms with Gasteiger partial charge in [-0.15, -0.1) is 0 Å². The van der Waals surface area contributed by atoms with E-state index in [0.717, 1.165) is 81.8 Å². The van der Waals surface area contributed by atoms with E-state index in [0.29, 0.717) is 32.1 Å². The first-order chi connectivity index (χ1) is 21.7. The zero-order valence-electron chi connectivity index (χ0n) is 27.3. The van der Waals surface area contributed by atoms with E-state index in [1.54, 1.807) is 0 Å². The molecule has 3 fully saturated rings. The lowest BCUT2D eigenvalue weighted by Crippen LogP contribution is -2.54. The average molecular weight is 615 g/mol. The second kappa shape index (κ2) is 13.9. The van der Waals surface area contributed by atoms with E-state index < -0.39 is 0 Å². The van der Waals surface area contributed by atoms with Gasteiger partial charge in [-0.3, -0.25) is 14.5 Å². The smallest absolute Gasteiger partial charge is 0.322 e. The van der Waals surface area contributed by atoms with Crippen molar-refractivity contribution in [1.82, 2.24) is 24.5 Å². The van der Waals surface area contributed by atoms with Gasteiger partial charge in [-0.2, -0.15) is 0 Å². The number of urea groups is 1. The van der Waals surface area contributed by atoms with Crippen LogP contribution >= 0.6 is 0 Å². The van der Waals surface area contributed by atoms with Crippen LogP contribution in [-0.2, 0) is 22.6 Å². The van der Waals surface area contributed by atoms with Gasteiger partial charge in [0.1, 0.15) is 0 Å². The average Bonchev–Trinajstić information content (AvgIpc) is 3.04. The van der Waals surface area contributed by atoms with Crippen LogP contribution in [0.25, 0.3) is 0 Å². The first kappa shape index (κ1) is 31.5. The third-order valence-corrected chi connectivity index (χ3v) is 10.5. The van der Waals surface area contributed by atoms with Gasteiger partial charge in [-0.05, 0) is 70.2 Å². The van der Waals surface area contributed by atoms with Crippen molar-refractivity contribution in [3.8, 4) is 0 Å². The monoisotopic (exact) mass is 614 g/mol. The van der Waals surface area contributed by atoms with Gasteiger partial charge in [-0.25, -0.2) is 4.79 Å². The van der Waals surface area contributed by atoms with Gasteiger partial charge in [0, 0.05) is 83.1 Å². The lowest BCUT2D eigenvalue weighted by Gasteiger charge is -2.43. The summed E-state index contributed by atoms with van der Waals surface area (Å²) in [6.45, 7) is 11.9. The summed E-state index contributed by atoms with van der Waals surface area (Å²) in [7, 11) is 2.18. The molecule has 4 aliphatic rings. The van der Waals surface area contributed by atoms with E-state index in [1.807, 2.05) is 32.9 Å². The van der Waals surface area contributed by atoms with Crippen molar-refractivity contribution in [3.05, 3.63) is 64.7 Å². The second-order valence-electron chi connectivity index (χ2n) is 13.8. The highest BCUT2D eigenvalue weighted by atomic mass is 16.2. The summed E-state index contributed by atoms with van der Waals surface area (Å²) in [6, 6.07) is 15.0. The quantitative estimate of drug-likeness (QED) is 0.508. The van der Waals surface area contributed by atoms with E-state index >= 15 is 0 Å². The number of piperidine rings is 2. The molecule has 45 heavy (non-hydrogen) atoms. The summed E-state index contributed by atoms with van der Waals surface area (Å²) in [5, 5.41) is 3.02. The molecular formula is C36H50N6O3. The fourth-order valence-corrected chi connectivity index (χ4v) is 7.90. The summed E-state index contributed by atoms with van der Waals surface area (Å²) in [5.41, 5.74) is 5.50. The van der Waals surface area contributed by atoms with Crippen LogP contribution in [0.3, 0.4) is 0 Å². The Morgan fingerprint density at radius 2 is 1.44 bits per heavy atom. The maximum Gasteiger partial charge on any atom is 0.322 e. The number of rotatable bonds is 7. The van der Waals surface area contributed by atoms with E-state index in [4.69, 9.17) is 0 Å². The zero-order valence-corrected chi connectivity index (χ0v) is 27.3. The largest absolute Gasteiger partial charge is 0.343 e. The molecule has 0 saturated carbocycles. The molecule has 4 aliphatic heterocycles. The molecule has 9 heteroatoms. The number of nitrogens with one attached hydrogen (secondary N) is 1. The van der Waals surface area contributed by atoms with Crippen molar-refractivity contribution in [3.63, 3.8) is 0 Å². The van der Waals surface area contributed by atoms with Crippen molar-refractivity contribution in [2.75, 3.05) is 64.7 Å². The fourth-order valence-electron chi connectivity index (χ4n) is 7.90. The Bertz CT molecular complexity index is 1350. The van der Waals surface area contributed by atoms with Crippen LogP contribution in [0, 0.1) is 19.8 Å². The normalized spacial score (nSPS) is 21.4. The van der Waals surface area contributed by atoms with E-state index in [-0.39, 0.29) is 36.2 Å². The van der Waals surface area contributed by atoms with Gasteiger partial charge in [0.2, 0.25) is 11.8 Å². The van der Waals surface area contributed by atoms with Crippen molar-refractivity contribution >= 4 is 23.5 Å². The maximum absolute atomic E-state index is 14.1. The van der Waals surface area contributed by atoms with E-state index in [2.05, 4.69) is 60.3 Å². The number of carbonyl (C=O) groups is 3. The highest BCUT2D eigenvalue weighted by Gasteiger charge is 2.36. The Kier molecular flexibility index (Phi) is 9.75. The standard InChI is InChI=1S/C36H50N6O3/c1-26-20-27(2)22-28(21-26)23-30(35(44)41-14-8-31(9-15-41)39-18-16-38(3)17-19-39)24-34(43)40-12-10-32(11-13-40)42-25-29-6-4-5-7-33(29)37-36(42)45/h4-7,20-22,30-32H,8-19,23-25H2,1-3H3,(H,37,45)/t30-/m1/s1. The second-order valence-corrected chi connectivity index (χ2v) is 13.8. The molecule has 4 heterocycles. The van der Waals surface area contributed by atoms with Crippen molar-refractivity contribution in [1.29, 1.82) is 0 Å².